The lowest BCUT2D eigenvalue weighted by Gasteiger charge is -2.50. The first-order valence-corrected chi connectivity index (χ1v) is 15.4. The quantitative estimate of drug-likeness (QED) is 0.338. The number of rotatable bonds is 1. The first-order chi connectivity index (χ1) is 19.9. The average Bonchev–Trinajstić information content (AvgIpc) is 3.48. The molecule has 8 rings (SSSR count). The summed E-state index contributed by atoms with van der Waals surface area (Å²) in [6.45, 7) is 9.88. The Morgan fingerprint density at radius 2 is 1.74 bits per heavy atom. The fourth-order valence-corrected chi connectivity index (χ4v) is 11.1. The highest BCUT2D eigenvalue weighted by Crippen LogP contribution is 2.72. The van der Waals surface area contributed by atoms with E-state index in [4.69, 9.17) is 28.4 Å². The molecule has 1 N–H and O–H groups in total. The molecule has 8 aliphatic rings. The molecule has 234 valence electrons. The van der Waals surface area contributed by atoms with Gasteiger partial charge in [0.1, 0.15) is 35.6 Å². The Labute approximate surface area is 248 Å². The maximum absolute atomic E-state index is 15.2. The van der Waals surface area contributed by atoms with Crippen molar-refractivity contribution in [2.24, 2.45) is 35.0 Å². The normalized spacial score (nSPS) is 57.0. The van der Waals surface area contributed by atoms with E-state index in [-0.39, 0.29) is 32.1 Å². The van der Waals surface area contributed by atoms with Crippen LogP contribution in [0.2, 0.25) is 0 Å². The number of ether oxygens (including phenoxy) is 6. The highest BCUT2D eigenvalue weighted by molar-refractivity contribution is 6.00. The van der Waals surface area contributed by atoms with Crippen molar-refractivity contribution in [3.63, 3.8) is 0 Å². The summed E-state index contributed by atoms with van der Waals surface area (Å²) in [6.07, 6.45) is -2.78. The summed E-state index contributed by atoms with van der Waals surface area (Å²) in [7, 11) is 0. The van der Waals surface area contributed by atoms with Crippen LogP contribution in [0.5, 0.6) is 0 Å². The summed E-state index contributed by atoms with van der Waals surface area (Å²) < 4.78 is 38.0. The highest BCUT2D eigenvalue weighted by Gasteiger charge is 2.86. The maximum atomic E-state index is 15.2. The fourth-order valence-electron chi connectivity index (χ4n) is 11.1. The molecule has 1 unspecified atom stereocenters. The highest BCUT2D eigenvalue weighted by atomic mass is 16.7. The molecule has 0 aromatic carbocycles. The van der Waals surface area contributed by atoms with Crippen LogP contribution < -0.4 is 0 Å². The SMILES string of the molecule is CC(=O)O[C@H]1C[C@H]2C(C)(C)O[C@@H]3CC(=O)O[C@@]32C[C@]23CC[C@]4(C)C(=O)[C@](C)(O)[C@@H]5[C@H]6OC(=O)C(C)[C@@H]6O[C@](O2)(C(=O)[C@H]13)[C@@H]54. The summed E-state index contributed by atoms with van der Waals surface area (Å²) in [6, 6.07) is 0. The minimum Gasteiger partial charge on any atom is -0.462 e. The molecule has 2 aliphatic carbocycles. The minimum absolute atomic E-state index is 0.0407. The Kier molecular flexibility index (Phi) is 5.14. The largest absolute Gasteiger partial charge is 0.462 e. The van der Waals surface area contributed by atoms with E-state index in [2.05, 4.69) is 0 Å². The molecule has 8 fully saturated rings. The van der Waals surface area contributed by atoms with Crippen molar-refractivity contribution >= 4 is 29.5 Å². The van der Waals surface area contributed by atoms with Crippen molar-refractivity contribution in [3.05, 3.63) is 0 Å². The predicted molar refractivity (Wildman–Crippen MR) is 140 cm³/mol. The molecule has 0 amide bonds. The fraction of sp³-hybridized carbons (Fsp3) is 0.839. The number of carbonyl (C=O) groups is 5. The van der Waals surface area contributed by atoms with Gasteiger partial charge in [0.05, 0.1) is 29.5 Å². The van der Waals surface area contributed by atoms with E-state index in [1.54, 1.807) is 13.8 Å². The van der Waals surface area contributed by atoms with Crippen molar-refractivity contribution in [1.29, 1.82) is 0 Å². The zero-order valence-electron chi connectivity index (χ0n) is 25.2. The van der Waals surface area contributed by atoms with Crippen molar-refractivity contribution in [1.82, 2.24) is 0 Å². The summed E-state index contributed by atoms with van der Waals surface area (Å²) >= 11 is 0. The third-order valence-corrected chi connectivity index (χ3v) is 12.6. The molecular formula is C31H38O12. The van der Waals surface area contributed by atoms with Gasteiger partial charge in [-0.05, 0) is 47.0 Å². The van der Waals surface area contributed by atoms with Crippen LogP contribution in [-0.2, 0) is 52.4 Å². The maximum Gasteiger partial charge on any atom is 0.311 e. The van der Waals surface area contributed by atoms with Gasteiger partial charge >= 0.3 is 17.9 Å². The zero-order valence-corrected chi connectivity index (χ0v) is 25.2. The molecule has 6 aliphatic heterocycles. The second kappa shape index (κ2) is 7.86. The van der Waals surface area contributed by atoms with Gasteiger partial charge in [-0.3, -0.25) is 24.0 Å². The van der Waals surface area contributed by atoms with Gasteiger partial charge in [0.2, 0.25) is 11.6 Å². The number of ketones is 2. The molecule has 2 bridgehead atoms. The van der Waals surface area contributed by atoms with E-state index in [9.17, 15) is 24.3 Å². The molecule has 0 aromatic rings. The third kappa shape index (κ3) is 3.04. The van der Waals surface area contributed by atoms with Gasteiger partial charge in [0.15, 0.2) is 5.78 Å². The molecule has 6 saturated heterocycles. The van der Waals surface area contributed by atoms with Crippen LogP contribution in [0.3, 0.4) is 0 Å². The smallest absolute Gasteiger partial charge is 0.311 e. The molecule has 2 saturated carbocycles. The second-order valence-corrected chi connectivity index (χ2v) is 15.3. The molecule has 12 heteroatoms. The minimum atomic E-state index is -2.03. The van der Waals surface area contributed by atoms with E-state index >= 15 is 4.79 Å². The van der Waals surface area contributed by atoms with Crippen molar-refractivity contribution in [3.8, 4) is 0 Å². The number of carbonyl (C=O) groups excluding carboxylic acids is 5. The van der Waals surface area contributed by atoms with Gasteiger partial charge < -0.3 is 33.5 Å². The Balaban J connectivity index is 1.35. The molecule has 43 heavy (non-hydrogen) atoms. The van der Waals surface area contributed by atoms with Gasteiger partial charge in [-0.15, -0.1) is 0 Å². The van der Waals surface area contributed by atoms with Crippen LogP contribution in [0.25, 0.3) is 0 Å². The van der Waals surface area contributed by atoms with Gasteiger partial charge in [-0.1, -0.05) is 6.92 Å². The van der Waals surface area contributed by atoms with E-state index in [1.165, 1.54) is 13.8 Å². The summed E-state index contributed by atoms with van der Waals surface area (Å²) in [4.78, 5) is 67.6. The lowest BCUT2D eigenvalue weighted by Crippen LogP contribution is -2.65. The monoisotopic (exact) mass is 602 g/mol. The molecule has 12 nitrogen and oxygen atoms in total. The Morgan fingerprint density at radius 1 is 1.02 bits per heavy atom. The second-order valence-electron chi connectivity index (χ2n) is 15.3. The molecule has 14 atom stereocenters. The zero-order chi connectivity index (χ0) is 30.9. The lowest BCUT2D eigenvalue weighted by molar-refractivity contribution is -0.336. The summed E-state index contributed by atoms with van der Waals surface area (Å²) in [5.41, 5.74) is -6.47. The average molecular weight is 603 g/mol. The van der Waals surface area contributed by atoms with Crippen LogP contribution in [0.15, 0.2) is 0 Å². The van der Waals surface area contributed by atoms with E-state index in [0.717, 1.165) is 0 Å². The number of fused-ring (bicyclic) bond motifs is 2. The molecule has 6 heterocycles. The topological polar surface area (TPSA) is 161 Å². The van der Waals surface area contributed by atoms with Crippen LogP contribution in [-0.4, -0.2) is 87.2 Å². The first kappa shape index (κ1) is 28.1. The van der Waals surface area contributed by atoms with Crippen molar-refractivity contribution in [2.75, 3.05) is 0 Å². The van der Waals surface area contributed by atoms with E-state index in [1.807, 2.05) is 13.8 Å². The van der Waals surface area contributed by atoms with Crippen molar-refractivity contribution in [2.45, 2.75) is 126 Å². The Morgan fingerprint density at radius 3 is 2.44 bits per heavy atom. The molecule has 3 spiro atoms. The van der Waals surface area contributed by atoms with Crippen LogP contribution in [0, 0.1) is 35.0 Å². The lowest BCUT2D eigenvalue weighted by atomic mass is 9.60. The van der Waals surface area contributed by atoms with Crippen molar-refractivity contribution < 1.29 is 57.5 Å². The number of esters is 3. The Hall–Kier alpha value is -2.41. The molecular weight excluding hydrogens is 564 g/mol. The summed E-state index contributed by atoms with van der Waals surface area (Å²) in [5, 5.41) is 11.8. The number of hydrogen-bond donors (Lipinski definition) is 1. The molecule has 0 radical (unpaired) electrons. The van der Waals surface area contributed by atoms with Gasteiger partial charge in [0, 0.05) is 36.5 Å². The summed E-state index contributed by atoms with van der Waals surface area (Å²) in [5.74, 6) is -8.67. The van der Waals surface area contributed by atoms with E-state index in [0.29, 0.717) is 0 Å². The number of hydrogen-bond acceptors (Lipinski definition) is 12. The van der Waals surface area contributed by atoms with E-state index < -0.39 is 117 Å². The Bertz CT molecular complexity index is 1400. The van der Waals surface area contributed by atoms with Gasteiger partial charge in [-0.25, -0.2) is 0 Å². The van der Waals surface area contributed by atoms with Gasteiger partial charge in [0.25, 0.3) is 0 Å². The van der Waals surface area contributed by atoms with Crippen LogP contribution in [0.1, 0.15) is 73.6 Å². The first-order valence-electron chi connectivity index (χ1n) is 15.4. The van der Waals surface area contributed by atoms with Crippen LogP contribution >= 0.6 is 0 Å². The number of Topliss-reactive ketones (excluding diaryl/α,β-unsaturated/α-hetero) is 2. The predicted octanol–water partition coefficient (Wildman–Crippen LogP) is 1.17. The van der Waals surface area contributed by atoms with Gasteiger partial charge in [-0.2, -0.15) is 0 Å². The number of aliphatic hydroxyl groups is 1. The van der Waals surface area contributed by atoms with Crippen LogP contribution in [0.4, 0.5) is 0 Å². The third-order valence-electron chi connectivity index (χ3n) is 12.6. The standard InChI is InChI=1S/C31H38O12/c1-12-20-21(39-24(12)35)19-22-27(5,25(36)28(19,6)37)7-8-29-11-30-15(26(3,4)40-16(30)10-17(33)41-30)9-14(38-13(2)32)18(29)23(34)31(22,42-20)43-29/h12,14-16,18-22,37H,7-11H2,1-6H3/t12?,14-,15-,16+,18-,19+,20-,21+,22-,27-,28+,29-,30+,31+/m0/s1. The molecule has 0 aromatic heterocycles.